The zero-order valence-electron chi connectivity index (χ0n) is 27.6. The van der Waals surface area contributed by atoms with Crippen molar-refractivity contribution < 1.29 is 41.9 Å². The van der Waals surface area contributed by atoms with Crippen LogP contribution in [0, 0.1) is 24.7 Å². The maximum atomic E-state index is 13.4. The molecule has 0 spiro atoms. The van der Waals surface area contributed by atoms with Crippen LogP contribution in [0.15, 0.2) is 60.7 Å². The highest BCUT2D eigenvalue weighted by molar-refractivity contribution is 5.96. The lowest BCUT2D eigenvalue weighted by molar-refractivity contribution is -0.138. The number of amides is 2. The van der Waals surface area contributed by atoms with Crippen molar-refractivity contribution in [2.45, 2.75) is 78.9 Å². The molecule has 47 heavy (non-hydrogen) atoms. The Kier molecular flexibility index (Phi) is 15.5. The number of rotatable bonds is 18. The largest absolute Gasteiger partial charge is 0.454 e. The molecule has 256 valence electrons. The number of hydrogen-bond donors (Lipinski definition) is 2. The van der Waals surface area contributed by atoms with E-state index in [1.165, 1.54) is 19.1 Å². The number of nitrogens with one attached hydrogen (secondary N) is 2. The van der Waals surface area contributed by atoms with Gasteiger partial charge in [-0.1, -0.05) is 82.3 Å². The van der Waals surface area contributed by atoms with E-state index in [0.29, 0.717) is 12.8 Å². The van der Waals surface area contributed by atoms with Crippen molar-refractivity contribution in [1.29, 1.82) is 0 Å². The molecule has 0 aromatic heterocycles. The maximum Gasteiger partial charge on any atom is 0.417 e. The topological polar surface area (TPSA) is 119 Å². The Morgan fingerprint density at radius 2 is 1.60 bits per heavy atom. The molecule has 2 amide bonds. The average molecular weight is 659 g/mol. The van der Waals surface area contributed by atoms with Crippen LogP contribution in [-0.4, -0.2) is 48.5 Å². The highest BCUT2D eigenvalue weighted by Crippen LogP contribution is 2.33. The zero-order chi connectivity index (χ0) is 35.1. The molecule has 0 bridgehead atoms. The van der Waals surface area contributed by atoms with E-state index >= 15 is 0 Å². The zero-order valence-corrected chi connectivity index (χ0v) is 27.6. The molecule has 0 saturated carbocycles. The number of ketones is 2. The summed E-state index contributed by atoms with van der Waals surface area (Å²) in [6, 6.07) is 12.0. The van der Waals surface area contributed by atoms with Crippen molar-refractivity contribution in [1.82, 2.24) is 10.6 Å². The molecule has 0 aliphatic rings. The summed E-state index contributed by atoms with van der Waals surface area (Å²) in [4.78, 5) is 63.2. The monoisotopic (exact) mass is 658 g/mol. The molecule has 2 rings (SSSR count). The van der Waals surface area contributed by atoms with Crippen molar-refractivity contribution in [3.63, 3.8) is 0 Å². The quantitative estimate of drug-likeness (QED) is 0.146. The maximum absolute atomic E-state index is 13.4. The molecule has 8 nitrogen and oxygen atoms in total. The summed E-state index contributed by atoms with van der Waals surface area (Å²) in [5.74, 6) is -3.43. The summed E-state index contributed by atoms with van der Waals surface area (Å²) in [5.41, 5.74) is -0.691. The summed E-state index contributed by atoms with van der Waals surface area (Å²) in [7, 11) is 0. The first kappa shape index (κ1) is 38.9. The number of Topliss-reactive ketones (excluding diaryl/α,β-unsaturated/α-hetero) is 2. The molecule has 0 heterocycles. The van der Waals surface area contributed by atoms with E-state index in [0.717, 1.165) is 11.6 Å². The van der Waals surface area contributed by atoms with E-state index in [1.807, 2.05) is 44.2 Å². The van der Waals surface area contributed by atoms with Gasteiger partial charge in [-0.15, -0.1) is 0 Å². The fourth-order valence-electron chi connectivity index (χ4n) is 4.90. The first-order valence-electron chi connectivity index (χ1n) is 15.8. The molecule has 3 atom stereocenters. The molecule has 2 aromatic rings. The second kappa shape index (κ2) is 18.8. The summed E-state index contributed by atoms with van der Waals surface area (Å²) in [5, 5.41) is 5.48. The normalized spacial score (nSPS) is 13.6. The van der Waals surface area contributed by atoms with Crippen LogP contribution >= 0.6 is 0 Å². The van der Waals surface area contributed by atoms with Gasteiger partial charge in [-0.25, -0.2) is 4.79 Å². The second-order valence-electron chi connectivity index (χ2n) is 11.9. The third kappa shape index (κ3) is 12.8. The van der Waals surface area contributed by atoms with Gasteiger partial charge in [-0.05, 0) is 49.3 Å². The van der Waals surface area contributed by atoms with Gasteiger partial charge in [0.1, 0.15) is 5.78 Å². The van der Waals surface area contributed by atoms with E-state index in [4.69, 9.17) is 4.74 Å². The van der Waals surface area contributed by atoms with E-state index in [-0.39, 0.29) is 54.9 Å². The minimum atomic E-state index is -4.78. The van der Waals surface area contributed by atoms with E-state index < -0.39 is 53.5 Å². The number of allylic oxidation sites excluding steroid dienone is 2. The number of esters is 1. The molecule has 0 radical (unpaired) electrons. The predicted molar refractivity (Wildman–Crippen MR) is 172 cm³/mol. The van der Waals surface area contributed by atoms with Gasteiger partial charge in [0.25, 0.3) is 0 Å². The Morgan fingerprint density at radius 1 is 0.915 bits per heavy atom. The Labute approximate surface area is 274 Å². The van der Waals surface area contributed by atoms with Crippen LogP contribution in [-0.2, 0) is 36.5 Å². The third-order valence-electron chi connectivity index (χ3n) is 7.89. The van der Waals surface area contributed by atoms with Crippen LogP contribution in [0.2, 0.25) is 0 Å². The van der Waals surface area contributed by atoms with Gasteiger partial charge >= 0.3 is 12.1 Å². The summed E-state index contributed by atoms with van der Waals surface area (Å²) in [6.45, 7) is 7.91. The summed E-state index contributed by atoms with van der Waals surface area (Å²) >= 11 is 0. The van der Waals surface area contributed by atoms with Crippen LogP contribution in [0.3, 0.4) is 0 Å². The molecule has 0 fully saturated rings. The highest BCUT2D eigenvalue weighted by atomic mass is 19.4. The molecular formula is C36H45F3N2O6. The number of benzene rings is 2. The van der Waals surface area contributed by atoms with Gasteiger partial charge in [0.2, 0.25) is 11.8 Å². The fourth-order valence-corrected chi connectivity index (χ4v) is 4.90. The van der Waals surface area contributed by atoms with Gasteiger partial charge in [0.15, 0.2) is 12.4 Å². The smallest absolute Gasteiger partial charge is 0.417 e. The van der Waals surface area contributed by atoms with Crippen LogP contribution in [0.5, 0.6) is 0 Å². The summed E-state index contributed by atoms with van der Waals surface area (Å²) < 4.78 is 45.1. The summed E-state index contributed by atoms with van der Waals surface area (Å²) in [6.07, 6.45) is 0.154. The number of carbonyl (C=O) groups is 5. The van der Waals surface area contributed by atoms with Crippen molar-refractivity contribution in [3.8, 4) is 0 Å². The predicted octanol–water partition coefficient (Wildman–Crippen LogP) is 6.20. The number of ether oxygens (including phenoxy) is 1. The van der Waals surface area contributed by atoms with E-state index in [1.54, 1.807) is 26.0 Å². The van der Waals surface area contributed by atoms with Gasteiger partial charge in [0.05, 0.1) is 17.2 Å². The van der Waals surface area contributed by atoms with Gasteiger partial charge in [-0.2, -0.15) is 13.2 Å². The van der Waals surface area contributed by atoms with Crippen LogP contribution < -0.4 is 10.6 Å². The standard InChI is InChI=1S/C36H45F3N2O6/c1-6-29(31(43)22-47-35(46)33-24(4)14-12-17-28(33)36(37,38)39)41-34(45)25(5)13-10-11-18-30(42)27(23(2)3)21-40-32(44)20-19-26-15-8-7-9-16-26/h7-12,14-17,23,25,27,29H,6,13,18-22H2,1-5H3,(H,40,44)(H,41,45)/b11-10+/t25-,27?,29?/m1/s1. The first-order chi connectivity index (χ1) is 22.1. The van der Waals surface area contributed by atoms with Crippen molar-refractivity contribution in [2.24, 2.45) is 17.8 Å². The van der Waals surface area contributed by atoms with Gasteiger partial charge in [0, 0.05) is 31.2 Å². The Morgan fingerprint density at radius 3 is 2.21 bits per heavy atom. The Bertz CT molecular complexity index is 1410. The van der Waals surface area contributed by atoms with E-state index in [2.05, 4.69) is 10.6 Å². The van der Waals surface area contributed by atoms with Crippen LogP contribution in [0.1, 0.15) is 80.4 Å². The molecule has 2 aromatic carbocycles. The lowest BCUT2D eigenvalue weighted by Gasteiger charge is -2.20. The lowest BCUT2D eigenvalue weighted by Crippen LogP contribution is -2.44. The minimum Gasteiger partial charge on any atom is -0.454 e. The van der Waals surface area contributed by atoms with Crippen LogP contribution in [0.25, 0.3) is 0 Å². The number of alkyl halides is 3. The van der Waals surface area contributed by atoms with Gasteiger partial charge < -0.3 is 15.4 Å². The van der Waals surface area contributed by atoms with Crippen molar-refractivity contribution >= 4 is 29.4 Å². The minimum absolute atomic E-state index is 0.0150. The lowest BCUT2D eigenvalue weighted by atomic mass is 9.89. The average Bonchev–Trinajstić information content (AvgIpc) is 3.02. The Balaban J connectivity index is 1.82. The van der Waals surface area contributed by atoms with Crippen molar-refractivity contribution in [3.05, 3.63) is 82.9 Å². The fraction of sp³-hybridized carbons (Fsp3) is 0.472. The number of halogens is 3. The molecular weight excluding hydrogens is 613 g/mol. The van der Waals surface area contributed by atoms with E-state index in [9.17, 15) is 37.1 Å². The SMILES string of the molecule is CCC(NC(=O)[C@H](C)C/C=C/CC(=O)C(CNC(=O)CCc1ccccc1)C(C)C)C(=O)COC(=O)c1c(C)cccc1C(F)(F)F. The van der Waals surface area contributed by atoms with Gasteiger partial charge in [-0.3, -0.25) is 19.2 Å². The second-order valence-corrected chi connectivity index (χ2v) is 11.9. The molecule has 0 saturated heterocycles. The molecule has 2 N–H and O–H groups in total. The first-order valence-corrected chi connectivity index (χ1v) is 15.8. The molecule has 2 unspecified atom stereocenters. The van der Waals surface area contributed by atoms with Crippen LogP contribution in [0.4, 0.5) is 13.2 Å². The molecule has 0 aliphatic heterocycles. The third-order valence-corrected chi connectivity index (χ3v) is 7.89. The molecule has 11 heteroatoms. The Hall–Kier alpha value is -4.28. The number of carbonyl (C=O) groups excluding carboxylic acids is 5. The van der Waals surface area contributed by atoms with Crippen molar-refractivity contribution in [2.75, 3.05) is 13.2 Å². The number of hydrogen-bond acceptors (Lipinski definition) is 6. The highest BCUT2D eigenvalue weighted by Gasteiger charge is 2.36. The number of aryl methyl sites for hydroxylation is 2. The molecule has 0 aliphatic carbocycles.